The van der Waals surface area contributed by atoms with Gasteiger partial charge in [0.15, 0.2) is 0 Å². The highest BCUT2D eigenvalue weighted by atomic mass is 16.1. The minimum atomic E-state index is 0.0269. The van der Waals surface area contributed by atoms with Crippen molar-refractivity contribution in [2.75, 3.05) is 6.54 Å². The third-order valence-electron chi connectivity index (χ3n) is 3.83. The van der Waals surface area contributed by atoms with Crippen LogP contribution < -0.4 is 5.32 Å². The van der Waals surface area contributed by atoms with Crippen molar-refractivity contribution in [3.8, 4) is 0 Å². The van der Waals surface area contributed by atoms with E-state index in [9.17, 15) is 4.79 Å². The van der Waals surface area contributed by atoms with E-state index in [4.69, 9.17) is 0 Å². The van der Waals surface area contributed by atoms with Crippen molar-refractivity contribution in [3.05, 3.63) is 36.0 Å². The number of nitrogens with one attached hydrogen (secondary N) is 2. The van der Waals surface area contributed by atoms with E-state index in [0.717, 1.165) is 28.9 Å². The summed E-state index contributed by atoms with van der Waals surface area (Å²) < 4.78 is 0. The lowest BCUT2D eigenvalue weighted by molar-refractivity contribution is 0.0947. The number of benzene rings is 1. The van der Waals surface area contributed by atoms with Gasteiger partial charge in [0.1, 0.15) is 0 Å². The first-order chi connectivity index (χ1) is 8.74. The van der Waals surface area contributed by atoms with Crippen LogP contribution in [0.1, 0.15) is 30.1 Å². The van der Waals surface area contributed by atoms with Crippen LogP contribution in [0.4, 0.5) is 0 Å². The van der Waals surface area contributed by atoms with E-state index in [1.165, 1.54) is 12.8 Å². The van der Waals surface area contributed by atoms with Crippen LogP contribution >= 0.6 is 0 Å². The Kier molecular flexibility index (Phi) is 2.82. The zero-order valence-electron chi connectivity index (χ0n) is 10.6. The van der Waals surface area contributed by atoms with Crippen molar-refractivity contribution < 1.29 is 4.79 Å². The molecule has 18 heavy (non-hydrogen) atoms. The van der Waals surface area contributed by atoms with Gasteiger partial charge in [0, 0.05) is 23.8 Å². The highest BCUT2D eigenvalue weighted by Gasteiger charge is 2.27. The predicted molar refractivity (Wildman–Crippen MR) is 72.5 cm³/mol. The molecule has 3 nitrogen and oxygen atoms in total. The summed E-state index contributed by atoms with van der Waals surface area (Å²) in [5.41, 5.74) is 1.74. The molecule has 1 unspecified atom stereocenters. The second-order valence-corrected chi connectivity index (χ2v) is 5.30. The van der Waals surface area contributed by atoms with Gasteiger partial charge < -0.3 is 10.3 Å². The number of amides is 1. The predicted octanol–water partition coefficient (Wildman–Crippen LogP) is 2.94. The highest BCUT2D eigenvalue weighted by Crippen LogP contribution is 2.36. The number of hydrogen-bond donors (Lipinski definition) is 2. The van der Waals surface area contributed by atoms with E-state index in [2.05, 4.69) is 17.2 Å². The second kappa shape index (κ2) is 4.48. The molecule has 1 atom stereocenters. The largest absolute Gasteiger partial charge is 0.361 e. The maximum Gasteiger partial charge on any atom is 0.251 e. The number of carbonyl (C=O) groups is 1. The summed E-state index contributed by atoms with van der Waals surface area (Å²) >= 11 is 0. The van der Waals surface area contributed by atoms with Crippen molar-refractivity contribution in [2.45, 2.75) is 19.8 Å². The van der Waals surface area contributed by atoms with Gasteiger partial charge in [-0.15, -0.1) is 0 Å². The molecule has 3 heteroatoms. The van der Waals surface area contributed by atoms with Gasteiger partial charge in [-0.05, 0) is 48.3 Å². The van der Waals surface area contributed by atoms with Crippen molar-refractivity contribution in [1.29, 1.82) is 0 Å². The Bertz CT molecular complexity index is 569. The zero-order chi connectivity index (χ0) is 12.5. The first-order valence-electron chi connectivity index (χ1n) is 6.59. The summed E-state index contributed by atoms with van der Waals surface area (Å²) in [7, 11) is 0. The number of H-pyrrole nitrogens is 1. The van der Waals surface area contributed by atoms with Gasteiger partial charge in [-0.3, -0.25) is 4.79 Å². The van der Waals surface area contributed by atoms with Gasteiger partial charge in [0.05, 0.1) is 0 Å². The van der Waals surface area contributed by atoms with E-state index in [-0.39, 0.29) is 5.91 Å². The van der Waals surface area contributed by atoms with Crippen molar-refractivity contribution >= 4 is 16.8 Å². The maximum absolute atomic E-state index is 12.0. The minimum Gasteiger partial charge on any atom is -0.361 e. The monoisotopic (exact) mass is 242 g/mol. The van der Waals surface area contributed by atoms with Gasteiger partial charge in [0.25, 0.3) is 5.91 Å². The molecule has 2 aromatic rings. The maximum atomic E-state index is 12.0. The standard InChI is InChI=1S/C15H18N2O/c1-10(11-2-3-11)9-17-15(18)13-5-4-12-6-7-16-14(12)8-13/h4-8,10-11,16H,2-3,9H2,1H3,(H,17,18). The summed E-state index contributed by atoms with van der Waals surface area (Å²) in [6.45, 7) is 3.00. The van der Waals surface area contributed by atoms with E-state index in [1.807, 2.05) is 30.5 Å². The Hall–Kier alpha value is -1.77. The molecule has 1 saturated carbocycles. The summed E-state index contributed by atoms with van der Waals surface area (Å²) in [5, 5.41) is 4.16. The minimum absolute atomic E-state index is 0.0269. The molecule has 1 fully saturated rings. The van der Waals surface area contributed by atoms with Crippen molar-refractivity contribution in [1.82, 2.24) is 10.3 Å². The number of fused-ring (bicyclic) bond motifs is 1. The van der Waals surface area contributed by atoms with Crippen LogP contribution in [0, 0.1) is 11.8 Å². The SMILES string of the molecule is CC(CNC(=O)c1ccc2cc[nH]c2c1)C1CC1. The first-order valence-corrected chi connectivity index (χ1v) is 6.59. The summed E-state index contributed by atoms with van der Waals surface area (Å²) in [5.74, 6) is 1.46. The number of aromatic amines is 1. The highest BCUT2D eigenvalue weighted by molar-refractivity contribution is 5.97. The van der Waals surface area contributed by atoms with Crippen molar-refractivity contribution in [3.63, 3.8) is 0 Å². The molecule has 0 aliphatic heterocycles. The molecule has 0 radical (unpaired) electrons. The van der Waals surface area contributed by atoms with Gasteiger partial charge in [-0.1, -0.05) is 13.0 Å². The summed E-state index contributed by atoms with van der Waals surface area (Å²) in [4.78, 5) is 15.2. The van der Waals surface area contributed by atoms with E-state index in [1.54, 1.807) is 0 Å². The molecule has 0 spiro atoms. The molecule has 1 heterocycles. The quantitative estimate of drug-likeness (QED) is 0.850. The van der Waals surface area contributed by atoms with Gasteiger partial charge in [0.2, 0.25) is 0 Å². The molecular weight excluding hydrogens is 224 g/mol. The number of carbonyl (C=O) groups excluding carboxylic acids is 1. The van der Waals surface area contributed by atoms with Crippen LogP contribution in [0.2, 0.25) is 0 Å². The Morgan fingerprint density at radius 1 is 1.44 bits per heavy atom. The summed E-state index contributed by atoms with van der Waals surface area (Å²) in [6, 6.07) is 7.77. The lowest BCUT2D eigenvalue weighted by Gasteiger charge is -2.11. The fraction of sp³-hybridized carbons (Fsp3) is 0.400. The van der Waals surface area contributed by atoms with Crippen LogP contribution in [0.25, 0.3) is 10.9 Å². The lowest BCUT2D eigenvalue weighted by atomic mass is 10.1. The van der Waals surface area contributed by atoms with Crippen LogP contribution in [-0.2, 0) is 0 Å². The molecule has 1 aromatic carbocycles. The molecule has 3 rings (SSSR count). The van der Waals surface area contributed by atoms with Crippen LogP contribution in [0.3, 0.4) is 0 Å². The van der Waals surface area contributed by atoms with Crippen molar-refractivity contribution in [2.24, 2.45) is 11.8 Å². The number of aromatic nitrogens is 1. The fourth-order valence-corrected chi connectivity index (χ4v) is 2.38. The second-order valence-electron chi connectivity index (χ2n) is 5.30. The summed E-state index contributed by atoms with van der Waals surface area (Å²) in [6.07, 6.45) is 4.54. The molecule has 0 saturated heterocycles. The van der Waals surface area contributed by atoms with Crippen LogP contribution in [0.15, 0.2) is 30.5 Å². The zero-order valence-corrected chi connectivity index (χ0v) is 10.6. The Balaban J connectivity index is 1.66. The van der Waals surface area contributed by atoms with Gasteiger partial charge in [-0.2, -0.15) is 0 Å². The normalized spacial score (nSPS) is 16.7. The average Bonchev–Trinajstić information content (AvgIpc) is 3.13. The van der Waals surface area contributed by atoms with Crippen LogP contribution in [-0.4, -0.2) is 17.4 Å². The van der Waals surface area contributed by atoms with E-state index >= 15 is 0 Å². The Morgan fingerprint density at radius 2 is 2.28 bits per heavy atom. The first kappa shape index (κ1) is 11.3. The smallest absolute Gasteiger partial charge is 0.251 e. The third kappa shape index (κ3) is 2.26. The van der Waals surface area contributed by atoms with Crippen LogP contribution in [0.5, 0.6) is 0 Å². The number of hydrogen-bond acceptors (Lipinski definition) is 1. The van der Waals surface area contributed by atoms with E-state index < -0.39 is 0 Å². The van der Waals surface area contributed by atoms with Gasteiger partial charge >= 0.3 is 0 Å². The lowest BCUT2D eigenvalue weighted by Crippen LogP contribution is -2.28. The topological polar surface area (TPSA) is 44.9 Å². The van der Waals surface area contributed by atoms with E-state index in [0.29, 0.717) is 5.92 Å². The average molecular weight is 242 g/mol. The molecule has 94 valence electrons. The molecule has 1 aliphatic rings. The van der Waals surface area contributed by atoms with Gasteiger partial charge in [-0.25, -0.2) is 0 Å². The number of rotatable bonds is 4. The molecule has 1 amide bonds. The molecule has 0 bridgehead atoms. The molecule has 1 aliphatic carbocycles. The fourth-order valence-electron chi connectivity index (χ4n) is 2.38. The molecule has 2 N–H and O–H groups in total. The Labute approximate surface area is 107 Å². The molecule has 1 aromatic heterocycles. The third-order valence-corrected chi connectivity index (χ3v) is 3.83. The molecular formula is C15H18N2O. The Morgan fingerprint density at radius 3 is 3.06 bits per heavy atom.